The second-order valence-corrected chi connectivity index (χ2v) is 5.57. The van der Waals surface area contributed by atoms with Crippen molar-refractivity contribution in [3.63, 3.8) is 0 Å². The third-order valence-corrected chi connectivity index (χ3v) is 3.95. The molecule has 1 fully saturated rings. The first kappa shape index (κ1) is 11.8. The highest BCUT2D eigenvalue weighted by atomic mass is 16.5. The second kappa shape index (κ2) is 4.81. The van der Waals surface area contributed by atoms with E-state index in [1.54, 1.807) is 0 Å². The van der Waals surface area contributed by atoms with Gasteiger partial charge in [-0.15, -0.1) is 0 Å². The summed E-state index contributed by atoms with van der Waals surface area (Å²) in [6.07, 6.45) is 3.15. The fraction of sp³-hybridized carbons (Fsp3) is 0.600. The molecule has 1 aliphatic heterocycles. The molecule has 0 radical (unpaired) electrons. The normalized spacial score (nSPS) is 25.1. The average molecular weight is 248 g/mol. The summed E-state index contributed by atoms with van der Waals surface area (Å²) in [4.78, 5) is 0. The highest BCUT2D eigenvalue weighted by Crippen LogP contribution is 2.40. The molecule has 0 aromatic heterocycles. The fourth-order valence-electron chi connectivity index (χ4n) is 2.48. The molecule has 0 amide bonds. The van der Waals surface area contributed by atoms with Gasteiger partial charge in [0.1, 0.15) is 0 Å². The summed E-state index contributed by atoms with van der Waals surface area (Å²) in [6, 6.07) is 5.82. The molecule has 2 unspecified atom stereocenters. The smallest absolute Gasteiger partial charge is 0.161 e. The molecule has 0 saturated heterocycles. The molecule has 2 aliphatic rings. The van der Waals surface area contributed by atoms with Gasteiger partial charge in [0.2, 0.25) is 0 Å². The van der Waals surface area contributed by atoms with Crippen molar-refractivity contribution in [3.05, 3.63) is 23.8 Å². The summed E-state index contributed by atoms with van der Waals surface area (Å²) in [7, 11) is 0. The SMILES string of the molecule is CC1COc2ccc(C(O)C3CCC3)cc2OC1. The molecule has 0 spiro atoms. The quantitative estimate of drug-likeness (QED) is 0.874. The van der Waals surface area contributed by atoms with Crippen molar-refractivity contribution in [3.8, 4) is 11.5 Å². The molecule has 1 N–H and O–H groups in total. The van der Waals surface area contributed by atoms with Gasteiger partial charge in [-0.2, -0.15) is 0 Å². The number of aliphatic hydroxyl groups is 1. The van der Waals surface area contributed by atoms with Gasteiger partial charge in [-0.3, -0.25) is 0 Å². The van der Waals surface area contributed by atoms with Crippen molar-refractivity contribution in [1.82, 2.24) is 0 Å². The number of aliphatic hydroxyl groups excluding tert-OH is 1. The summed E-state index contributed by atoms with van der Waals surface area (Å²) in [6.45, 7) is 3.48. The van der Waals surface area contributed by atoms with E-state index < -0.39 is 0 Å². The van der Waals surface area contributed by atoms with E-state index in [2.05, 4.69) is 6.92 Å². The first-order chi connectivity index (χ1) is 8.74. The van der Waals surface area contributed by atoms with Crippen LogP contribution >= 0.6 is 0 Å². The van der Waals surface area contributed by atoms with E-state index in [9.17, 15) is 5.11 Å². The van der Waals surface area contributed by atoms with Gasteiger partial charge in [0, 0.05) is 5.92 Å². The van der Waals surface area contributed by atoms with Crippen LogP contribution in [0, 0.1) is 11.8 Å². The third kappa shape index (κ3) is 2.19. The minimum atomic E-state index is -0.353. The molecule has 1 aromatic rings. The van der Waals surface area contributed by atoms with E-state index in [1.807, 2.05) is 18.2 Å². The zero-order chi connectivity index (χ0) is 12.5. The summed E-state index contributed by atoms with van der Waals surface area (Å²) < 4.78 is 11.4. The lowest BCUT2D eigenvalue weighted by Crippen LogP contribution is -2.19. The largest absolute Gasteiger partial charge is 0.489 e. The zero-order valence-corrected chi connectivity index (χ0v) is 10.8. The summed E-state index contributed by atoms with van der Waals surface area (Å²) in [5.74, 6) is 2.39. The van der Waals surface area contributed by atoms with Crippen LogP contribution in [0.1, 0.15) is 37.9 Å². The molecule has 3 heteroatoms. The Kier molecular flexibility index (Phi) is 3.16. The Labute approximate surface area is 108 Å². The van der Waals surface area contributed by atoms with Crippen molar-refractivity contribution in [2.75, 3.05) is 13.2 Å². The summed E-state index contributed by atoms with van der Waals surface area (Å²) in [5, 5.41) is 10.3. The van der Waals surface area contributed by atoms with Crippen LogP contribution in [0.5, 0.6) is 11.5 Å². The second-order valence-electron chi connectivity index (χ2n) is 5.57. The van der Waals surface area contributed by atoms with E-state index in [1.165, 1.54) is 6.42 Å². The Morgan fingerprint density at radius 2 is 1.89 bits per heavy atom. The van der Waals surface area contributed by atoms with Crippen molar-refractivity contribution in [1.29, 1.82) is 0 Å². The Bertz CT molecular complexity index is 426. The molecule has 1 aliphatic carbocycles. The molecule has 2 atom stereocenters. The average Bonchev–Trinajstić information content (AvgIpc) is 2.49. The minimum Gasteiger partial charge on any atom is -0.489 e. The Hall–Kier alpha value is -1.22. The van der Waals surface area contributed by atoms with E-state index >= 15 is 0 Å². The Balaban J connectivity index is 1.81. The van der Waals surface area contributed by atoms with Crippen molar-refractivity contribution in [2.45, 2.75) is 32.3 Å². The monoisotopic (exact) mass is 248 g/mol. The van der Waals surface area contributed by atoms with Gasteiger partial charge < -0.3 is 14.6 Å². The lowest BCUT2D eigenvalue weighted by molar-refractivity contribution is 0.0618. The summed E-state index contributed by atoms with van der Waals surface area (Å²) >= 11 is 0. The van der Waals surface area contributed by atoms with Crippen LogP contribution in [-0.4, -0.2) is 18.3 Å². The number of benzene rings is 1. The van der Waals surface area contributed by atoms with Gasteiger partial charge in [0.25, 0.3) is 0 Å². The van der Waals surface area contributed by atoms with Crippen LogP contribution in [-0.2, 0) is 0 Å². The Morgan fingerprint density at radius 1 is 1.17 bits per heavy atom. The molecule has 0 bridgehead atoms. The first-order valence-electron chi connectivity index (χ1n) is 6.81. The standard InChI is InChI=1S/C15H20O3/c1-10-8-17-13-6-5-12(7-14(13)18-9-10)15(16)11-3-2-4-11/h5-7,10-11,15-16H,2-4,8-9H2,1H3. The Morgan fingerprint density at radius 3 is 2.56 bits per heavy atom. The van der Waals surface area contributed by atoms with Crippen LogP contribution < -0.4 is 9.47 Å². The lowest BCUT2D eigenvalue weighted by atomic mass is 9.79. The van der Waals surface area contributed by atoms with Crippen molar-refractivity contribution >= 4 is 0 Å². The van der Waals surface area contributed by atoms with Crippen LogP contribution in [0.2, 0.25) is 0 Å². The van der Waals surface area contributed by atoms with Crippen molar-refractivity contribution < 1.29 is 14.6 Å². The summed E-state index contributed by atoms with van der Waals surface area (Å²) in [5.41, 5.74) is 0.955. The van der Waals surface area contributed by atoms with Gasteiger partial charge in [-0.05, 0) is 36.5 Å². The number of rotatable bonds is 2. The van der Waals surface area contributed by atoms with Gasteiger partial charge in [-0.1, -0.05) is 19.4 Å². The highest BCUT2D eigenvalue weighted by molar-refractivity contribution is 5.44. The van der Waals surface area contributed by atoms with Crippen molar-refractivity contribution in [2.24, 2.45) is 11.8 Å². The van der Waals surface area contributed by atoms with Gasteiger partial charge in [0.15, 0.2) is 11.5 Å². The predicted molar refractivity (Wildman–Crippen MR) is 68.9 cm³/mol. The third-order valence-electron chi connectivity index (χ3n) is 3.95. The fourth-order valence-corrected chi connectivity index (χ4v) is 2.48. The topological polar surface area (TPSA) is 38.7 Å². The lowest BCUT2D eigenvalue weighted by Gasteiger charge is -2.30. The molecule has 1 heterocycles. The molecule has 3 rings (SSSR count). The van der Waals surface area contributed by atoms with Gasteiger partial charge in [0.05, 0.1) is 19.3 Å². The predicted octanol–water partition coefficient (Wildman–Crippen LogP) is 2.93. The molecule has 18 heavy (non-hydrogen) atoms. The number of fused-ring (bicyclic) bond motifs is 1. The maximum atomic E-state index is 10.3. The zero-order valence-electron chi connectivity index (χ0n) is 10.8. The minimum absolute atomic E-state index is 0.353. The maximum absolute atomic E-state index is 10.3. The van der Waals surface area contributed by atoms with Crippen LogP contribution in [0.4, 0.5) is 0 Å². The molecule has 3 nitrogen and oxygen atoms in total. The van der Waals surface area contributed by atoms with E-state index in [0.717, 1.165) is 29.9 Å². The van der Waals surface area contributed by atoms with Crippen LogP contribution in [0.25, 0.3) is 0 Å². The van der Waals surface area contributed by atoms with E-state index in [-0.39, 0.29) is 6.10 Å². The molecular weight excluding hydrogens is 228 g/mol. The van der Waals surface area contributed by atoms with Crippen LogP contribution in [0.15, 0.2) is 18.2 Å². The molecular formula is C15H20O3. The molecule has 98 valence electrons. The molecule has 1 aromatic carbocycles. The molecule has 1 saturated carbocycles. The highest BCUT2D eigenvalue weighted by Gasteiger charge is 2.27. The van der Waals surface area contributed by atoms with Crippen LogP contribution in [0.3, 0.4) is 0 Å². The maximum Gasteiger partial charge on any atom is 0.161 e. The number of ether oxygens (including phenoxy) is 2. The van der Waals surface area contributed by atoms with E-state index in [4.69, 9.17) is 9.47 Å². The van der Waals surface area contributed by atoms with E-state index in [0.29, 0.717) is 25.0 Å². The number of hydrogen-bond acceptors (Lipinski definition) is 3. The van der Waals surface area contributed by atoms with Gasteiger partial charge >= 0.3 is 0 Å². The number of hydrogen-bond donors (Lipinski definition) is 1. The van der Waals surface area contributed by atoms with Gasteiger partial charge in [-0.25, -0.2) is 0 Å². The first-order valence-corrected chi connectivity index (χ1v) is 6.81.